The number of aromatic nitrogens is 5. The van der Waals surface area contributed by atoms with Gasteiger partial charge >= 0.3 is 0 Å². The maximum Gasteiger partial charge on any atom is 0.180 e. The number of hydrogen-bond acceptors (Lipinski definition) is 7. The highest BCUT2D eigenvalue weighted by Gasteiger charge is 2.51. The molecule has 7 nitrogen and oxygen atoms in total. The Morgan fingerprint density at radius 3 is 1.49 bits per heavy atom. The van der Waals surface area contributed by atoms with E-state index >= 15 is 0 Å². The standard InChI is InChI=1S/C62H37N5O2/c1-4-16-39(17-5-1)55-57-56(46-22-10-13-25-52(46)69-57)64-58(63-55)42-30-28-38(29-31-42)43-33-35-48-47(36-43)45-34-32-44(37-51(45)62(48)49-23-11-14-26-53(49)68-54-27-15-12-24-50(54)62)61-66-59(40-18-6-2-7-19-40)65-60(67-61)41-20-8-3-9-21-41/h1-37H. The Labute approximate surface area is 397 Å². The summed E-state index contributed by atoms with van der Waals surface area (Å²) in [5.74, 6) is 4.14. The molecule has 14 rings (SSSR count). The van der Waals surface area contributed by atoms with Gasteiger partial charge in [-0.05, 0) is 69.8 Å². The summed E-state index contributed by atoms with van der Waals surface area (Å²) in [6.45, 7) is 0. The van der Waals surface area contributed by atoms with Crippen LogP contribution < -0.4 is 4.74 Å². The van der Waals surface area contributed by atoms with Crippen LogP contribution in [0.4, 0.5) is 0 Å². The second-order valence-electron chi connectivity index (χ2n) is 17.5. The van der Waals surface area contributed by atoms with E-state index in [1.54, 1.807) is 0 Å². The van der Waals surface area contributed by atoms with Gasteiger partial charge in [-0.3, -0.25) is 0 Å². The summed E-state index contributed by atoms with van der Waals surface area (Å²) in [6, 6.07) is 77.5. The van der Waals surface area contributed by atoms with Gasteiger partial charge in [0, 0.05) is 44.3 Å². The van der Waals surface area contributed by atoms with Crippen molar-refractivity contribution < 1.29 is 9.15 Å². The average Bonchev–Trinajstić information content (AvgIpc) is 3.94. The van der Waals surface area contributed by atoms with Gasteiger partial charge < -0.3 is 9.15 Å². The first kappa shape index (κ1) is 38.9. The smallest absolute Gasteiger partial charge is 0.180 e. The summed E-state index contributed by atoms with van der Waals surface area (Å²) in [5, 5.41) is 0.963. The monoisotopic (exact) mass is 883 g/mol. The summed E-state index contributed by atoms with van der Waals surface area (Å²) in [4.78, 5) is 25.6. The van der Waals surface area contributed by atoms with E-state index in [0.717, 1.165) is 100 Å². The lowest BCUT2D eigenvalue weighted by atomic mass is 9.66. The van der Waals surface area contributed by atoms with Gasteiger partial charge in [0.05, 0.1) is 5.41 Å². The van der Waals surface area contributed by atoms with Crippen molar-refractivity contribution in [3.05, 3.63) is 247 Å². The average molecular weight is 884 g/mol. The highest BCUT2D eigenvalue weighted by Crippen LogP contribution is 2.62. The van der Waals surface area contributed by atoms with Crippen LogP contribution in [0.1, 0.15) is 22.3 Å². The Morgan fingerprint density at radius 1 is 0.319 bits per heavy atom. The van der Waals surface area contributed by atoms with E-state index in [0.29, 0.717) is 28.9 Å². The molecule has 1 aliphatic heterocycles. The van der Waals surface area contributed by atoms with Gasteiger partial charge in [-0.25, -0.2) is 24.9 Å². The van der Waals surface area contributed by atoms with Crippen LogP contribution in [0.25, 0.3) is 101 Å². The third-order valence-electron chi connectivity index (χ3n) is 13.6. The zero-order valence-electron chi connectivity index (χ0n) is 36.9. The van der Waals surface area contributed by atoms with E-state index < -0.39 is 5.41 Å². The normalized spacial score (nSPS) is 12.9. The molecule has 9 aromatic carbocycles. The molecule has 2 aliphatic rings. The molecule has 0 N–H and O–H groups in total. The minimum Gasteiger partial charge on any atom is -0.457 e. The highest BCUT2D eigenvalue weighted by molar-refractivity contribution is 6.07. The Kier molecular flexibility index (Phi) is 8.66. The first-order valence-electron chi connectivity index (χ1n) is 23.1. The Morgan fingerprint density at radius 2 is 0.826 bits per heavy atom. The number of fused-ring (bicyclic) bond motifs is 12. The zero-order chi connectivity index (χ0) is 45.5. The van der Waals surface area contributed by atoms with Crippen molar-refractivity contribution >= 4 is 22.1 Å². The summed E-state index contributed by atoms with van der Waals surface area (Å²) >= 11 is 0. The van der Waals surface area contributed by atoms with Crippen LogP contribution in [-0.2, 0) is 5.41 Å². The van der Waals surface area contributed by atoms with Crippen molar-refractivity contribution in [2.45, 2.75) is 5.41 Å². The van der Waals surface area contributed by atoms with Gasteiger partial charge in [-0.15, -0.1) is 0 Å². The molecule has 12 aromatic rings. The van der Waals surface area contributed by atoms with E-state index in [4.69, 9.17) is 34.1 Å². The largest absolute Gasteiger partial charge is 0.457 e. The highest BCUT2D eigenvalue weighted by atomic mass is 16.5. The van der Waals surface area contributed by atoms with Gasteiger partial charge in [-0.2, -0.15) is 0 Å². The van der Waals surface area contributed by atoms with Crippen LogP contribution in [0.15, 0.2) is 229 Å². The molecule has 0 unspecified atom stereocenters. The summed E-state index contributed by atoms with van der Waals surface area (Å²) < 4.78 is 13.1. The van der Waals surface area contributed by atoms with Crippen molar-refractivity contribution in [1.82, 2.24) is 24.9 Å². The summed E-state index contributed by atoms with van der Waals surface area (Å²) in [7, 11) is 0. The van der Waals surface area contributed by atoms with E-state index in [9.17, 15) is 0 Å². The van der Waals surface area contributed by atoms with Gasteiger partial charge in [0.15, 0.2) is 28.9 Å². The number of benzene rings is 9. The lowest BCUT2D eigenvalue weighted by molar-refractivity contribution is 0.436. The molecule has 1 spiro atoms. The van der Waals surface area contributed by atoms with E-state index in [1.807, 2.05) is 109 Å². The number of ether oxygens (including phenoxy) is 1. The topological polar surface area (TPSA) is 86.8 Å². The molecule has 7 heteroatoms. The molecule has 0 radical (unpaired) electrons. The zero-order valence-corrected chi connectivity index (χ0v) is 36.9. The third-order valence-corrected chi connectivity index (χ3v) is 13.6. The van der Waals surface area contributed by atoms with Crippen LogP contribution in [0, 0.1) is 0 Å². The molecular formula is C62H37N5O2. The molecule has 0 atom stereocenters. The lowest BCUT2D eigenvalue weighted by Gasteiger charge is -2.39. The second-order valence-corrected chi connectivity index (χ2v) is 17.5. The molecule has 322 valence electrons. The van der Waals surface area contributed by atoms with Gasteiger partial charge in [0.25, 0.3) is 0 Å². The fourth-order valence-corrected chi connectivity index (χ4v) is 10.5. The minimum absolute atomic E-state index is 0.603. The quantitative estimate of drug-likeness (QED) is 0.164. The molecule has 0 fully saturated rings. The van der Waals surface area contributed by atoms with E-state index in [1.165, 1.54) is 5.56 Å². The SMILES string of the molecule is c1ccc(-c2nc(-c3ccccc3)nc(-c3ccc4c(c3)C3(c5ccccc5Oc5ccccc53)c3ccc(-c5ccc(-c6nc(-c7ccccc7)c7oc8ccccc8c7n6)cc5)cc3-4)n2)cc1. The fraction of sp³-hybridized carbons (Fsp3) is 0.0161. The molecule has 69 heavy (non-hydrogen) atoms. The second kappa shape index (κ2) is 15.4. The van der Waals surface area contributed by atoms with Crippen LogP contribution in [-0.4, -0.2) is 24.9 Å². The Hall–Kier alpha value is -9.33. The first-order chi connectivity index (χ1) is 34.2. The van der Waals surface area contributed by atoms with E-state index in [2.05, 4.69) is 115 Å². The number of hydrogen-bond donors (Lipinski definition) is 0. The Bertz CT molecular complexity index is 3880. The molecule has 0 saturated heterocycles. The van der Waals surface area contributed by atoms with Gasteiger partial charge in [0.2, 0.25) is 0 Å². The molecule has 4 heterocycles. The number of rotatable bonds is 6. The van der Waals surface area contributed by atoms with Crippen molar-refractivity contribution in [2.75, 3.05) is 0 Å². The third kappa shape index (κ3) is 6.11. The molecule has 3 aromatic heterocycles. The van der Waals surface area contributed by atoms with Crippen molar-refractivity contribution in [1.29, 1.82) is 0 Å². The predicted octanol–water partition coefficient (Wildman–Crippen LogP) is 15.0. The number of furan rings is 1. The minimum atomic E-state index is -0.699. The van der Waals surface area contributed by atoms with Gasteiger partial charge in [-0.1, -0.05) is 188 Å². The molecule has 0 saturated carbocycles. The predicted molar refractivity (Wildman–Crippen MR) is 273 cm³/mol. The fourth-order valence-electron chi connectivity index (χ4n) is 10.5. The maximum absolute atomic E-state index is 6.70. The number of nitrogens with zero attached hydrogens (tertiary/aromatic N) is 5. The Balaban J connectivity index is 0.931. The first-order valence-corrected chi connectivity index (χ1v) is 23.1. The van der Waals surface area contributed by atoms with Crippen molar-refractivity contribution in [2.24, 2.45) is 0 Å². The van der Waals surface area contributed by atoms with Crippen LogP contribution in [0.2, 0.25) is 0 Å². The van der Waals surface area contributed by atoms with Crippen LogP contribution in [0.3, 0.4) is 0 Å². The van der Waals surface area contributed by atoms with Crippen molar-refractivity contribution in [3.63, 3.8) is 0 Å². The number of para-hydroxylation sites is 3. The van der Waals surface area contributed by atoms with Crippen LogP contribution >= 0.6 is 0 Å². The molecule has 0 amide bonds. The molecule has 0 bridgehead atoms. The molecule has 1 aliphatic carbocycles. The molecular weight excluding hydrogens is 847 g/mol. The van der Waals surface area contributed by atoms with Crippen molar-refractivity contribution in [3.8, 4) is 90.6 Å². The van der Waals surface area contributed by atoms with Gasteiger partial charge in [0.1, 0.15) is 28.3 Å². The summed E-state index contributed by atoms with van der Waals surface area (Å²) in [6.07, 6.45) is 0. The van der Waals surface area contributed by atoms with E-state index in [-0.39, 0.29) is 0 Å². The van der Waals surface area contributed by atoms with Crippen LogP contribution in [0.5, 0.6) is 11.5 Å². The summed E-state index contributed by atoms with van der Waals surface area (Å²) in [5.41, 5.74) is 15.9. The maximum atomic E-state index is 6.70. The lowest BCUT2D eigenvalue weighted by Crippen LogP contribution is -2.32.